The fourth-order valence-electron chi connectivity index (χ4n) is 2.27. The molecule has 0 aliphatic carbocycles. The van der Waals surface area contributed by atoms with Crippen LogP contribution in [0.15, 0.2) is 60.8 Å². The predicted molar refractivity (Wildman–Crippen MR) is 81.3 cm³/mol. The van der Waals surface area contributed by atoms with Gasteiger partial charge in [0.1, 0.15) is 17.5 Å². The first-order chi connectivity index (χ1) is 10.7. The zero-order chi connectivity index (χ0) is 15.4. The molecule has 0 atom stereocenters. The highest BCUT2D eigenvalue weighted by molar-refractivity contribution is 5.39. The molecule has 3 rings (SSSR count). The van der Waals surface area contributed by atoms with Crippen LogP contribution in [0.1, 0.15) is 11.1 Å². The van der Waals surface area contributed by atoms with Gasteiger partial charge in [-0.2, -0.15) is 5.10 Å². The van der Waals surface area contributed by atoms with E-state index < -0.39 is 0 Å². The summed E-state index contributed by atoms with van der Waals surface area (Å²) >= 11 is 0. The van der Waals surface area contributed by atoms with Gasteiger partial charge < -0.3 is 4.90 Å². The molecule has 0 amide bonds. The van der Waals surface area contributed by atoms with Crippen LogP contribution in [-0.4, -0.2) is 10.2 Å². The van der Waals surface area contributed by atoms with Crippen molar-refractivity contribution in [2.24, 2.45) is 0 Å². The molecule has 0 spiro atoms. The minimum absolute atomic E-state index is 0.254. The first-order valence-corrected chi connectivity index (χ1v) is 6.94. The van der Waals surface area contributed by atoms with E-state index in [-0.39, 0.29) is 11.6 Å². The van der Waals surface area contributed by atoms with E-state index in [1.807, 2.05) is 6.07 Å². The van der Waals surface area contributed by atoms with Crippen molar-refractivity contribution in [2.75, 3.05) is 4.90 Å². The number of rotatable bonds is 5. The second kappa shape index (κ2) is 6.39. The number of nitrogens with one attached hydrogen (secondary N) is 1. The minimum atomic E-state index is -0.254. The summed E-state index contributed by atoms with van der Waals surface area (Å²) < 4.78 is 26.0. The third-order valence-corrected chi connectivity index (χ3v) is 3.40. The van der Waals surface area contributed by atoms with Gasteiger partial charge in [-0.05, 0) is 35.4 Å². The number of hydrogen-bond donors (Lipinski definition) is 1. The fraction of sp³-hybridized carbons (Fsp3) is 0.118. The Morgan fingerprint density at radius 2 is 1.27 bits per heavy atom. The molecule has 0 radical (unpaired) electrons. The number of H-pyrrole nitrogens is 1. The zero-order valence-electron chi connectivity index (χ0n) is 11.8. The van der Waals surface area contributed by atoms with Crippen molar-refractivity contribution < 1.29 is 8.78 Å². The summed E-state index contributed by atoms with van der Waals surface area (Å²) in [7, 11) is 0. The maximum atomic E-state index is 13.0. The van der Waals surface area contributed by atoms with Crippen LogP contribution in [-0.2, 0) is 13.1 Å². The third-order valence-electron chi connectivity index (χ3n) is 3.40. The summed E-state index contributed by atoms with van der Waals surface area (Å²) in [6.45, 7) is 1.19. The Morgan fingerprint density at radius 3 is 1.68 bits per heavy atom. The summed E-state index contributed by atoms with van der Waals surface area (Å²) in [5.41, 5.74) is 1.97. The van der Waals surface area contributed by atoms with E-state index in [1.54, 1.807) is 30.5 Å². The highest BCUT2D eigenvalue weighted by Crippen LogP contribution is 2.18. The molecule has 3 nitrogen and oxygen atoms in total. The molecule has 112 valence electrons. The van der Waals surface area contributed by atoms with Gasteiger partial charge in [0.05, 0.1) is 6.20 Å². The summed E-state index contributed by atoms with van der Waals surface area (Å²) in [4.78, 5) is 2.06. The van der Waals surface area contributed by atoms with Crippen molar-refractivity contribution >= 4 is 5.82 Å². The van der Waals surface area contributed by atoms with Crippen molar-refractivity contribution in [3.8, 4) is 0 Å². The zero-order valence-corrected chi connectivity index (χ0v) is 11.8. The lowest BCUT2D eigenvalue weighted by Gasteiger charge is -2.23. The van der Waals surface area contributed by atoms with E-state index in [1.165, 1.54) is 24.3 Å². The Bertz CT molecular complexity index is 659. The van der Waals surface area contributed by atoms with Crippen LogP contribution in [0.3, 0.4) is 0 Å². The molecule has 0 saturated heterocycles. The molecule has 0 saturated carbocycles. The molecule has 0 aliphatic rings. The quantitative estimate of drug-likeness (QED) is 0.775. The highest BCUT2D eigenvalue weighted by atomic mass is 19.1. The highest BCUT2D eigenvalue weighted by Gasteiger charge is 2.10. The third kappa shape index (κ3) is 3.49. The average molecular weight is 299 g/mol. The van der Waals surface area contributed by atoms with Gasteiger partial charge in [0, 0.05) is 19.2 Å². The van der Waals surface area contributed by atoms with E-state index in [2.05, 4.69) is 15.1 Å². The van der Waals surface area contributed by atoms with Crippen LogP contribution >= 0.6 is 0 Å². The van der Waals surface area contributed by atoms with Gasteiger partial charge in [-0.15, -0.1) is 0 Å². The molecule has 2 aromatic carbocycles. The molecule has 22 heavy (non-hydrogen) atoms. The van der Waals surface area contributed by atoms with Crippen LogP contribution < -0.4 is 4.90 Å². The van der Waals surface area contributed by atoms with Crippen LogP contribution in [0.2, 0.25) is 0 Å². The number of aromatic nitrogens is 2. The van der Waals surface area contributed by atoms with Gasteiger partial charge in [0.2, 0.25) is 0 Å². The number of anilines is 1. The number of benzene rings is 2. The van der Waals surface area contributed by atoms with Crippen LogP contribution in [0.25, 0.3) is 0 Å². The first kappa shape index (κ1) is 14.3. The molecular weight excluding hydrogens is 284 g/mol. The van der Waals surface area contributed by atoms with Gasteiger partial charge in [0.25, 0.3) is 0 Å². The largest absolute Gasteiger partial charge is 0.348 e. The molecule has 0 fully saturated rings. The summed E-state index contributed by atoms with van der Waals surface area (Å²) in [6.07, 6.45) is 1.68. The summed E-state index contributed by atoms with van der Waals surface area (Å²) in [5, 5.41) is 6.90. The molecule has 0 bridgehead atoms. The predicted octanol–water partition coefficient (Wildman–Crippen LogP) is 3.89. The number of nitrogens with zero attached hydrogens (tertiary/aromatic N) is 2. The lowest BCUT2D eigenvalue weighted by atomic mass is 10.1. The second-order valence-electron chi connectivity index (χ2n) is 5.05. The maximum absolute atomic E-state index is 13.0. The molecule has 0 unspecified atom stereocenters. The Morgan fingerprint density at radius 1 is 0.773 bits per heavy atom. The Hall–Kier alpha value is -2.69. The van der Waals surface area contributed by atoms with Gasteiger partial charge in [0.15, 0.2) is 0 Å². The molecule has 1 N–H and O–H groups in total. The van der Waals surface area contributed by atoms with Crippen LogP contribution in [0.4, 0.5) is 14.6 Å². The normalized spacial score (nSPS) is 10.6. The Kier molecular flexibility index (Phi) is 4.14. The first-order valence-electron chi connectivity index (χ1n) is 6.94. The van der Waals surface area contributed by atoms with Gasteiger partial charge in [-0.3, -0.25) is 5.10 Å². The molecule has 3 aromatic rings. The molecule has 0 aliphatic heterocycles. The number of aromatic amines is 1. The van der Waals surface area contributed by atoms with Crippen LogP contribution in [0, 0.1) is 11.6 Å². The summed E-state index contributed by atoms with van der Waals surface area (Å²) in [6, 6.07) is 14.7. The monoisotopic (exact) mass is 299 g/mol. The van der Waals surface area contributed by atoms with Crippen LogP contribution in [0.5, 0.6) is 0 Å². The fourth-order valence-corrected chi connectivity index (χ4v) is 2.27. The van der Waals surface area contributed by atoms with Crippen molar-refractivity contribution in [1.82, 2.24) is 10.2 Å². The lowest BCUT2D eigenvalue weighted by molar-refractivity contribution is 0.626. The maximum Gasteiger partial charge on any atom is 0.124 e. The van der Waals surface area contributed by atoms with Gasteiger partial charge in [-0.1, -0.05) is 24.3 Å². The number of halogens is 2. The molecule has 1 aromatic heterocycles. The molecule has 5 heteroatoms. The average Bonchev–Trinajstić information content (AvgIpc) is 3.05. The minimum Gasteiger partial charge on any atom is -0.348 e. The molecular formula is C17H15F2N3. The van der Waals surface area contributed by atoms with E-state index in [0.29, 0.717) is 13.1 Å². The van der Waals surface area contributed by atoms with E-state index in [4.69, 9.17) is 0 Å². The Labute approximate surface area is 127 Å². The van der Waals surface area contributed by atoms with Crippen molar-refractivity contribution in [1.29, 1.82) is 0 Å². The molecule has 1 heterocycles. The van der Waals surface area contributed by atoms with Crippen molar-refractivity contribution in [3.05, 3.63) is 83.6 Å². The van der Waals surface area contributed by atoms with E-state index in [0.717, 1.165) is 16.9 Å². The summed E-state index contributed by atoms with van der Waals surface area (Å²) in [5.74, 6) is 0.347. The standard InChI is InChI=1S/C17H15F2N3/c18-15-5-1-13(2-6-15)11-22(17-9-10-20-21-17)12-14-3-7-16(19)8-4-14/h1-10H,11-12H2,(H,20,21). The van der Waals surface area contributed by atoms with Gasteiger partial charge in [-0.25, -0.2) is 8.78 Å². The smallest absolute Gasteiger partial charge is 0.124 e. The van der Waals surface area contributed by atoms with Crippen molar-refractivity contribution in [3.63, 3.8) is 0 Å². The van der Waals surface area contributed by atoms with Gasteiger partial charge >= 0.3 is 0 Å². The topological polar surface area (TPSA) is 31.9 Å². The van der Waals surface area contributed by atoms with Crippen molar-refractivity contribution in [2.45, 2.75) is 13.1 Å². The van der Waals surface area contributed by atoms with E-state index >= 15 is 0 Å². The Balaban J connectivity index is 1.81. The van der Waals surface area contributed by atoms with E-state index in [9.17, 15) is 8.78 Å². The lowest BCUT2D eigenvalue weighted by Crippen LogP contribution is -2.22. The number of hydrogen-bond acceptors (Lipinski definition) is 2. The SMILES string of the molecule is Fc1ccc(CN(Cc2ccc(F)cc2)c2ccn[nH]2)cc1. The second-order valence-corrected chi connectivity index (χ2v) is 5.05.